The Bertz CT molecular complexity index is 653. The normalized spacial score (nSPS) is 17.6. The Kier molecular flexibility index (Phi) is 3.89. The van der Waals surface area contributed by atoms with Crippen LogP contribution < -0.4 is 5.32 Å². The van der Waals surface area contributed by atoms with E-state index in [1.54, 1.807) is 11.3 Å². The molecule has 3 nitrogen and oxygen atoms in total. The largest absolute Gasteiger partial charge is 0.326 e. The van der Waals surface area contributed by atoms with Crippen LogP contribution in [0.15, 0.2) is 28.2 Å². The Labute approximate surface area is 130 Å². The average Bonchev–Trinajstić information content (AvgIpc) is 2.90. The van der Waals surface area contributed by atoms with Crippen LogP contribution in [0.5, 0.6) is 0 Å². The first kappa shape index (κ1) is 13.8. The van der Waals surface area contributed by atoms with Gasteiger partial charge in [0.2, 0.25) is 5.91 Å². The molecule has 1 aliphatic carbocycles. The molecule has 5 heteroatoms. The summed E-state index contributed by atoms with van der Waals surface area (Å²) in [5.41, 5.74) is 5.07. The van der Waals surface area contributed by atoms with E-state index >= 15 is 0 Å². The molecule has 0 fully saturated rings. The zero-order valence-electron chi connectivity index (χ0n) is 11.1. The first-order chi connectivity index (χ1) is 9.63. The van der Waals surface area contributed by atoms with Gasteiger partial charge in [-0.3, -0.25) is 4.79 Å². The molecule has 0 radical (unpaired) electrons. The van der Waals surface area contributed by atoms with Gasteiger partial charge >= 0.3 is 0 Å². The maximum absolute atomic E-state index is 12.4. The molecule has 2 aromatic rings. The maximum Gasteiger partial charge on any atom is 0.227 e. The molecule has 0 bridgehead atoms. The molecule has 0 saturated carbocycles. The number of anilines is 1. The van der Waals surface area contributed by atoms with Crippen molar-refractivity contribution in [2.45, 2.75) is 26.2 Å². The SMILES string of the molecule is Cc1ccc(NC(=O)C2CCc3ncsc3C2)cc1Br. The fourth-order valence-electron chi connectivity index (χ4n) is 2.44. The summed E-state index contributed by atoms with van der Waals surface area (Å²) < 4.78 is 1.02. The molecule has 1 N–H and O–H groups in total. The van der Waals surface area contributed by atoms with Crippen LogP contribution in [0.2, 0.25) is 0 Å². The standard InChI is InChI=1S/C15H15BrN2OS/c1-9-2-4-11(7-12(9)16)18-15(19)10-3-5-13-14(6-10)20-8-17-13/h2,4,7-8,10H,3,5-6H2,1H3,(H,18,19). The van der Waals surface area contributed by atoms with E-state index in [9.17, 15) is 4.79 Å². The number of thiazole rings is 1. The van der Waals surface area contributed by atoms with Crippen LogP contribution in [0.4, 0.5) is 5.69 Å². The smallest absolute Gasteiger partial charge is 0.227 e. The van der Waals surface area contributed by atoms with Crippen molar-refractivity contribution in [3.63, 3.8) is 0 Å². The quantitative estimate of drug-likeness (QED) is 0.890. The van der Waals surface area contributed by atoms with E-state index in [0.717, 1.165) is 35.0 Å². The summed E-state index contributed by atoms with van der Waals surface area (Å²) in [6.07, 6.45) is 2.61. The molecule has 104 valence electrons. The first-order valence-electron chi connectivity index (χ1n) is 6.62. The topological polar surface area (TPSA) is 42.0 Å². The number of amides is 1. The third-order valence-electron chi connectivity index (χ3n) is 3.70. The van der Waals surface area contributed by atoms with Gasteiger partial charge in [-0.15, -0.1) is 11.3 Å². The summed E-state index contributed by atoms with van der Waals surface area (Å²) in [6, 6.07) is 5.90. The van der Waals surface area contributed by atoms with E-state index in [1.807, 2.05) is 30.6 Å². The number of aromatic nitrogens is 1. The van der Waals surface area contributed by atoms with Gasteiger partial charge in [0.1, 0.15) is 0 Å². The molecule has 0 saturated heterocycles. The van der Waals surface area contributed by atoms with Crippen molar-refractivity contribution in [2.75, 3.05) is 5.32 Å². The number of carbonyl (C=O) groups excluding carboxylic acids is 1. The van der Waals surface area contributed by atoms with Crippen molar-refractivity contribution in [1.82, 2.24) is 4.98 Å². The van der Waals surface area contributed by atoms with Crippen molar-refractivity contribution in [2.24, 2.45) is 5.92 Å². The highest BCUT2D eigenvalue weighted by Gasteiger charge is 2.26. The summed E-state index contributed by atoms with van der Waals surface area (Å²) >= 11 is 5.15. The van der Waals surface area contributed by atoms with Gasteiger partial charge in [0.05, 0.1) is 11.2 Å². The Morgan fingerprint density at radius 2 is 2.35 bits per heavy atom. The van der Waals surface area contributed by atoms with Gasteiger partial charge in [0.25, 0.3) is 0 Å². The number of hydrogen-bond donors (Lipinski definition) is 1. The van der Waals surface area contributed by atoms with Crippen LogP contribution in [0.1, 0.15) is 22.6 Å². The average molecular weight is 351 g/mol. The van der Waals surface area contributed by atoms with Gasteiger partial charge in [0, 0.05) is 21.0 Å². The van der Waals surface area contributed by atoms with Gasteiger partial charge in [-0.1, -0.05) is 22.0 Å². The lowest BCUT2D eigenvalue weighted by atomic mass is 9.90. The number of fused-ring (bicyclic) bond motifs is 1. The summed E-state index contributed by atoms with van der Waals surface area (Å²) in [5.74, 6) is 0.169. The second-order valence-corrected chi connectivity index (χ2v) is 6.91. The van der Waals surface area contributed by atoms with Crippen LogP contribution in [-0.4, -0.2) is 10.9 Å². The van der Waals surface area contributed by atoms with Gasteiger partial charge in [-0.05, 0) is 43.9 Å². The Morgan fingerprint density at radius 1 is 1.50 bits per heavy atom. The molecule has 1 aliphatic rings. The Morgan fingerprint density at radius 3 is 3.15 bits per heavy atom. The van der Waals surface area contributed by atoms with Crippen molar-refractivity contribution in [3.8, 4) is 0 Å². The molecule has 1 heterocycles. The lowest BCUT2D eigenvalue weighted by molar-refractivity contribution is -0.120. The number of halogens is 1. The first-order valence-corrected chi connectivity index (χ1v) is 8.29. The van der Waals surface area contributed by atoms with E-state index in [0.29, 0.717) is 0 Å². The highest BCUT2D eigenvalue weighted by atomic mass is 79.9. The summed E-state index contributed by atoms with van der Waals surface area (Å²) in [4.78, 5) is 18.0. The van der Waals surface area contributed by atoms with Crippen molar-refractivity contribution in [3.05, 3.63) is 44.3 Å². The van der Waals surface area contributed by atoms with Crippen LogP contribution in [-0.2, 0) is 17.6 Å². The number of aryl methyl sites for hydroxylation is 2. The third kappa shape index (κ3) is 2.79. The monoisotopic (exact) mass is 350 g/mol. The Hall–Kier alpha value is -1.20. The predicted molar refractivity (Wildman–Crippen MR) is 85.1 cm³/mol. The third-order valence-corrected chi connectivity index (χ3v) is 5.45. The minimum Gasteiger partial charge on any atom is -0.326 e. The van der Waals surface area contributed by atoms with E-state index in [-0.39, 0.29) is 11.8 Å². The van der Waals surface area contributed by atoms with Gasteiger partial charge in [-0.2, -0.15) is 0 Å². The maximum atomic E-state index is 12.4. The number of nitrogens with zero attached hydrogens (tertiary/aromatic N) is 1. The van der Waals surface area contributed by atoms with Gasteiger partial charge < -0.3 is 5.32 Å². The second-order valence-electron chi connectivity index (χ2n) is 5.12. The molecular weight excluding hydrogens is 336 g/mol. The van der Waals surface area contributed by atoms with Crippen molar-refractivity contribution in [1.29, 1.82) is 0 Å². The summed E-state index contributed by atoms with van der Waals surface area (Å²) in [7, 11) is 0. The van der Waals surface area contributed by atoms with Crippen LogP contribution in [0, 0.1) is 12.8 Å². The van der Waals surface area contributed by atoms with Gasteiger partial charge in [0.15, 0.2) is 0 Å². The summed E-state index contributed by atoms with van der Waals surface area (Å²) in [6.45, 7) is 2.03. The molecule has 0 aliphatic heterocycles. The molecule has 1 aromatic carbocycles. The fourth-order valence-corrected chi connectivity index (χ4v) is 3.71. The number of hydrogen-bond acceptors (Lipinski definition) is 3. The zero-order valence-corrected chi connectivity index (χ0v) is 13.6. The van der Waals surface area contributed by atoms with E-state index in [4.69, 9.17) is 0 Å². The van der Waals surface area contributed by atoms with E-state index in [1.165, 1.54) is 10.6 Å². The lowest BCUT2D eigenvalue weighted by Crippen LogP contribution is -2.27. The molecule has 20 heavy (non-hydrogen) atoms. The van der Waals surface area contributed by atoms with Crippen molar-refractivity contribution >= 4 is 38.9 Å². The van der Waals surface area contributed by atoms with E-state index in [2.05, 4.69) is 26.2 Å². The molecule has 1 unspecified atom stereocenters. The fraction of sp³-hybridized carbons (Fsp3) is 0.333. The highest BCUT2D eigenvalue weighted by molar-refractivity contribution is 9.10. The Balaban J connectivity index is 1.69. The van der Waals surface area contributed by atoms with E-state index < -0.39 is 0 Å². The van der Waals surface area contributed by atoms with Crippen LogP contribution >= 0.6 is 27.3 Å². The minimum atomic E-state index is 0.0584. The van der Waals surface area contributed by atoms with Crippen molar-refractivity contribution < 1.29 is 4.79 Å². The number of benzene rings is 1. The number of carbonyl (C=O) groups is 1. The molecular formula is C15H15BrN2OS. The predicted octanol–water partition coefficient (Wildman–Crippen LogP) is 3.96. The highest BCUT2D eigenvalue weighted by Crippen LogP contribution is 2.29. The molecule has 0 spiro atoms. The minimum absolute atomic E-state index is 0.0584. The number of nitrogens with one attached hydrogen (secondary N) is 1. The second kappa shape index (κ2) is 5.66. The van der Waals surface area contributed by atoms with Crippen LogP contribution in [0.25, 0.3) is 0 Å². The number of rotatable bonds is 2. The molecule has 1 amide bonds. The van der Waals surface area contributed by atoms with Crippen LogP contribution in [0.3, 0.4) is 0 Å². The molecule has 1 atom stereocenters. The van der Waals surface area contributed by atoms with Gasteiger partial charge in [-0.25, -0.2) is 4.98 Å². The molecule has 3 rings (SSSR count). The lowest BCUT2D eigenvalue weighted by Gasteiger charge is -2.20. The molecule has 1 aromatic heterocycles. The summed E-state index contributed by atoms with van der Waals surface area (Å²) in [5, 5.41) is 3.02. The zero-order chi connectivity index (χ0) is 14.1.